The van der Waals surface area contributed by atoms with Crippen LogP contribution in [-0.4, -0.2) is 48.3 Å². The van der Waals surface area contributed by atoms with E-state index in [1.165, 1.54) is 12.8 Å². The fourth-order valence-corrected chi connectivity index (χ4v) is 1.79. The number of aliphatic hydroxyl groups excluding tert-OH is 1. The van der Waals surface area contributed by atoms with E-state index in [1.807, 2.05) is 0 Å². The predicted octanol–water partition coefficient (Wildman–Crippen LogP) is 0.441. The van der Waals surface area contributed by atoms with Crippen LogP contribution < -0.4 is 5.32 Å². The summed E-state index contributed by atoms with van der Waals surface area (Å²) in [4.78, 5) is 2.29. The molecule has 0 amide bonds. The van der Waals surface area contributed by atoms with E-state index in [4.69, 9.17) is 0 Å². The van der Waals surface area contributed by atoms with Crippen molar-refractivity contribution in [1.82, 2.24) is 10.2 Å². The van der Waals surface area contributed by atoms with Gasteiger partial charge < -0.3 is 10.4 Å². The Hall–Kier alpha value is -0.120. The van der Waals surface area contributed by atoms with Gasteiger partial charge in [-0.05, 0) is 19.5 Å². The molecule has 1 fully saturated rings. The van der Waals surface area contributed by atoms with Crippen LogP contribution in [0.2, 0.25) is 0 Å². The molecule has 0 aromatic rings. The summed E-state index contributed by atoms with van der Waals surface area (Å²) in [6.07, 6.45) is 2.25. The Morgan fingerprint density at radius 2 is 2.15 bits per heavy atom. The zero-order chi connectivity index (χ0) is 9.68. The lowest BCUT2D eigenvalue weighted by atomic mass is 10.2. The van der Waals surface area contributed by atoms with Crippen molar-refractivity contribution in [3.63, 3.8) is 0 Å². The van der Waals surface area contributed by atoms with Gasteiger partial charge in [0, 0.05) is 19.1 Å². The molecule has 0 bridgehead atoms. The van der Waals surface area contributed by atoms with Crippen molar-refractivity contribution in [3.05, 3.63) is 0 Å². The van der Waals surface area contributed by atoms with Gasteiger partial charge in [-0.25, -0.2) is 0 Å². The van der Waals surface area contributed by atoms with Crippen LogP contribution in [0.15, 0.2) is 0 Å². The Kier molecular flexibility index (Phi) is 4.70. The summed E-state index contributed by atoms with van der Waals surface area (Å²) in [6, 6.07) is 0.298. The van der Waals surface area contributed by atoms with Crippen LogP contribution in [0.3, 0.4) is 0 Å². The minimum absolute atomic E-state index is 0.170. The fraction of sp³-hybridized carbons (Fsp3) is 1.00. The van der Waals surface area contributed by atoms with Crippen molar-refractivity contribution >= 4 is 0 Å². The molecule has 1 aliphatic rings. The van der Waals surface area contributed by atoms with Gasteiger partial charge in [0.25, 0.3) is 0 Å². The molecule has 0 aromatic heterocycles. The molecule has 2 atom stereocenters. The average molecular weight is 186 g/mol. The van der Waals surface area contributed by atoms with Crippen LogP contribution in [-0.2, 0) is 0 Å². The van der Waals surface area contributed by atoms with Gasteiger partial charge in [-0.1, -0.05) is 20.3 Å². The lowest BCUT2D eigenvalue weighted by Crippen LogP contribution is -2.39. The maximum atomic E-state index is 9.69. The normalized spacial score (nSPS) is 29.8. The lowest BCUT2D eigenvalue weighted by Gasteiger charge is -2.15. The molecule has 3 nitrogen and oxygen atoms in total. The highest BCUT2D eigenvalue weighted by Crippen LogP contribution is 2.09. The Morgan fingerprint density at radius 3 is 2.69 bits per heavy atom. The summed E-state index contributed by atoms with van der Waals surface area (Å²) in [5, 5.41) is 13.1. The molecule has 78 valence electrons. The number of likely N-dealkylation sites (tertiary alicyclic amines) is 1. The van der Waals surface area contributed by atoms with Gasteiger partial charge in [0.1, 0.15) is 0 Å². The molecular weight excluding hydrogens is 164 g/mol. The fourth-order valence-electron chi connectivity index (χ4n) is 1.79. The highest BCUT2D eigenvalue weighted by molar-refractivity contribution is 4.88. The van der Waals surface area contributed by atoms with Crippen molar-refractivity contribution in [3.8, 4) is 0 Å². The summed E-state index contributed by atoms with van der Waals surface area (Å²) in [6.45, 7) is 8.24. The molecule has 0 radical (unpaired) electrons. The molecule has 1 saturated heterocycles. The lowest BCUT2D eigenvalue weighted by molar-refractivity contribution is 0.155. The smallest absolute Gasteiger partial charge is 0.0832 e. The molecule has 2 N–H and O–H groups in total. The summed E-state index contributed by atoms with van der Waals surface area (Å²) in [5.41, 5.74) is 0. The number of unbranched alkanes of at least 4 members (excludes halogenated alkanes) is 1. The zero-order valence-corrected chi connectivity index (χ0v) is 8.79. The quantitative estimate of drug-likeness (QED) is 0.612. The van der Waals surface area contributed by atoms with E-state index in [9.17, 15) is 5.11 Å². The minimum atomic E-state index is -0.170. The summed E-state index contributed by atoms with van der Waals surface area (Å²) >= 11 is 0. The molecule has 13 heavy (non-hydrogen) atoms. The maximum Gasteiger partial charge on any atom is 0.0832 e. The number of likely N-dealkylation sites (N-methyl/N-ethyl adjacent to an activating group) is 1. The number of nitrogens with zero attached hydrogens (tertiary/aromatic N) is 1. The molecule has 0 aliphatic carbocycles. The zero-order valence-electron chi connectivity index (χ0n) is 8.79. The van der Waals surface area contributed by atoms with Crippen molar-refractivity contribution in [2.75, 3.05) is 26.2 Å². The first-order valence-electron chi connectivity index (χ1n) is 5.41. The van der Waals surface area contributed by atoms with Gasteiger partial charge in [-0.2, -0.15) is 0 Å². The highest BCUT2D eigenvalue weighted by Gasteiger charge is 2.29. The van der Waals surface area contributed by atoms with Crippen LogP contribution in [0.1, 0.15) is 26.7 Å². The van der Waals surface area contributed by atoms with E-state index in [1.54, 1.807) is 0 Å². The molecule has 0 unspecified atom stereocenters. The van der Waals surface area contributed by atoms with Crippen LogP contribution >= 0.6 is 0 Å². The number of β-amino-alcohol motifs (C(OH)–C–C–N with tert-alkyl or cyclic N) is 1. The number of aliphatic hydroxyl groups is 1. The minimum Gasteiger partial charge on any atom is -0.390 e. The van der Waals surface area contributed by atoms with Crippen molar-refractivity contribution in [2.45, 2.75) is 38.8 Å². The number of rotatable bonds is 5. The molecule has 0 saturated carbocycles. The second-order valence-corrected chi connectivity index (χ2v) is 3.83. The Balaban J connectivity index is 2.18. The van der Waals surface area contributed by atoms with E-state index in [0.29, 0.717) is 6.04 Å². The first-order chi connectivity index (χ1) is 6.27. The van der Waals surface area contributed by atoms with Crippen LogP contribution in [0.4, 0.5) is 0 Å². The molecule has 1 rings (SSSR count). The van der Waals surface area contributed by atoms with Crippen LogP contribution in [0, 0.1) is 0 Å². The summed E-state index contributed by atoms with van der Waals surface area (Å²) in [7, 11) is 0. The van der Waals surface area contributed by atoms with Gasteiger partial charge in [0.15, 0.2) is 0 Å². The van der Waals surface area contributed by atoms with Gasteiger partial charge in [-0.3, -0.25) is 4.90 Å². The second-order valence-electron chi connectivity index (χ2n) is 3.83. The first kappa shape index (κ1) is 11.0. The Morgan fingerprint density at radius 1 is 1.38 bits per heavy atom. The largest absolute Gasteiger partial charge is 0.390 e. The SMILES string of the molecule is CCCCN[C@H]1CN(CC)C[C@@H]1O. The summed E-state index contributed by atoms with van der Waals surface area (Å²) in [5.74, 6) is 0. The average Bonchev–Trinajstić information content (AvgIpc) is 2.48. The maximum absolute atomic E-state index is 9.69. The third kappa shape index (κ3) is 3.25. The van der Waals surface area contributed by atoms with Gasteiger partial charge >= 0.3 is 0 Å². The van der Waals surface area contributed by atoms with E-state index in [2.05, 4.69) is 24.1 Å². The van der Waals surface area contributed by atoms with E-state index in [0.717, 1.165) is 26.2 Å². The molecule has 1 heterocycles. The molecule has 1 aliphatic heterocycles. The van der Waals surface area contributed by atoms with Crippen molar-refractivity contribution in [2.24, 2.45) is 0 Å². The van der Waals surface area contributed by atoms with E-state index >= 15 is 0 Å². The molecule has 3 heteroatoms. The molecule has 0 spiro atoms. The van der Waals surface area contributed by atoms with Crippen LogP contribution in [0.25, 0.3) is 0 Å². The topological polar surface area (TPSA) is 35.5 Å². The van der Waals surface area contributed by atoms with E-state index < -0.39 is 0 Å². The van der Waals surface area contributed by atoms with Gasteiger partial charge in [0.05, 0.1) is 6.10 Å². The Labute approximate surface area is 81.1 Å². The number of nitrogens with one attached hydrogen (secondary N) is 1. The number of hydrogen-bond donors (Lipinski definition) is 2. The van der Waals surface area contributed by atoms with Gasteiger partial charge in [0.2, 0.25) is 0 Å². The Bertz CT molecular complexity index is 141. The predicted molar refractivity (Wildman–Crippen MR) is 54.8 cm³/mol. The third-order valence-electron chi connectivity index (χ3n) is 2.75. The third-order valence-corrected chi connectivity index (χ3v) is 2.75. The highest BCUT2D eigenvalue weighted by atomic mass is 16.3. The van der Waals surface area contributed by atoms with E-state index in [-0.39, 0.29) is 6.10 Å². The van der Waals surface area contributed by atoms with Crippen LogP contribution in [0.5, 0.6) is 0 Å². The standard InChI is InChI=1S/C10H22N2O/c1-3-5-6-11-9-7-12(4-2)8-10(9)13/h9-11,13H,3-8H2,1-2H3/t9-,10-/m0/s1. The monoisotopic (exact) mass is 186 g/mol. The van der Waals surface area contributed by atoms with Gasteiger partial charge in [-0.15, -0.1) is 0 Å². The molecular formula is C10H22N2O. The molecule has 0 aromatic carbocycles. The second kappa shape index (κ2) is 5.58. The number of hydrogen-bond acceptors (Lipinski definition) is 3. The first-order valence-corrected chi connectivity index (χ1v) is 5.41. The summed E-state index contributed by atoms with van der Waals surface area (Å²) < 4.78 is 0. The van der Waals surface area contributed by atoms with Crippen molar-refractivity contribution in [1.29, 1.82) is 0 Å². The van der Waals surface area contributed by atoms with Crippen molar-refractivity contribution < 1.29 is 5.11 Å².